The third-order valence-electron chi connectivity index (χ3n) is 3.68. The molecule has 0 radical (unpaired) electrons. The molecule has 2 heterocycles. The van der Waals surface area contributed by atoms with Gasteiger partial charge in [-0.05, 0) is 13.1 Å². The zero-order valence-electron chi connectivity index (χ0n) is 13.0. The molecule has 128 valence electrons. The molecule has 0 spiro atoms. The Labute approximate surface area is 144 Å². The molecule has 1 aliphatic rings. The number of aromatic nitrogens is 1. The van der Waals surface area contributed by atoms with E-state index >= 15 is 0 Å². The quantitative estimate of drug-likeness (QED) is 0.850. The van der Waals surface area contributed by atoms with E-state index in [1.165, 1.54) is 0 Å². The van der Waals surface area contributed by atoms with Gasteiger partial charge in [-0.15, -0.1) is 0 Å². The molecule has 0 aliphatic carbocycles. The summed E-state index contributed by atoms with van der Waals surface area (Å²) in [6, 6.07) is 1.55. The van der Waals surface area contributed by atoms with Gasteiger partial charge in [-0.3, -0.25) is 14.5 Å². The Hall–Kier alpha value is -1.28. The summed E-state index contributed by atoms with van der Waals surface area (Å²) >= 11 is 12.0. The Morgan fingerprint density at radius 2 is 2.17 bits per heavy atom. The minimum Gasteiger partial charge on any atom is -0.480 e. The normalized spacial score (nSPS) is 18.5. The summed E-state index contributed by atoms with van der Waals surface area (Å²) in [5.41, 5.74) is 0.416. The number of carbonyl (C=O) groups is 2. The largest absolute Gasteiger partial charge is 0.480 e. The van der Waals surface area contributed by atoms with E-state index in [1.54, 1.807) is 34.5 Å². The van der Waals surface area contributed by atoms with Crippen LogP contribution in [0.1, 0.15) is 10.5 Å². The van der Waals surface area contributed by atoms with Crippen molar-refractivity contribution < 1.29 is 19.4 Å². The molecule has 9 heteroatoms. The first-order chi connectivity index (χ1) is 10.8. The standard InChI is InChI=1S/C14H19Cl2N3O4/c1-17(8-12(20)21)6-9-7-19(3-4-23-9)14(22)11-5-10(15)13(16)18(11)2/h5,9H,3-4,6-8H2,1-2H3,(H,20,21). The predicted molar refractivity (Wildman–Crippen MR) is 86.2 cm³/mol. The SMILES string of the molecule is CN(CC(=O)O)CC1CN(C(=O)c2cc(Cl)c(Cl)n2C)CCO1. The number of amides is 1. The first kappa shape index (κ1) is 18.1. The van der Waals surface area contributed by atoms with Crippen LogP contribution in [0.25, 0.3) is 0 Å². The molecule has 1 aromatic heterocycles. The third kappa shape index (κ3) is 4.38. The smallest absolute Gasteiger partial charge is 0.317 e. The van der Waals surface area contributed by atoms with Crippen molar-refractivity contribution in [2.75, 3.05) is 39.8 Å². The Balaban J connectivity index is 2.01. The lowest BCUT2D eigenvalue weighted by atomic mass is 10.2. The van der Waals surface area contributed by atoms with Crippen molar-refractivity contribution in [2.24, 2.45) is 7.05 Å². The predicted octanol–water partition coefficient (Wildman–Crippen LogP) is 1.19. The number of ether oxygens (including phenoxy) is 1. The van der Waals surface area contributed by atoms with Crippen LogP contribution in [0.2, 0.25) is 10.2 Å². The van der Waals surface area contributed by atoms with Crippen LogP contribution in [0.15, 0.2) is 6.07 Å². The molecule has 1 aliphatic heterocycles. The van der Waals surface area contributed by atoms with Crippen LogP contribution in [0, 0.1) is 0 Å². The highest BCUT2D eigenvalue weighted by Crippen LogP contribution is 2.26. The summed E-state index contributed by atoms with van der Waals surface area (Å²) in [6.45, 7) is 1.63. The summed E-state index contributed by atoms with van der Waals surface area (Å²) in [5, 5.41) is 9.44. The Morgan fingerprint density at radius 3 is 2.74 bits per heavy atom. The fourth-order valence-electron chi connectivity index (χ4n) is 2.57. The van der Waals surface area contributed by atoms with Crippen molar-refractivity contribution in [2.45, 2.75) is 6.10 Å². The number of carboxylic acid groups (broad SMARTS) is 1. The van der Waals surface area contributed by atoms with Gasteiger partial charge in [0.25, 0.3) is 5.91 Å². The molecular formula is C14H19Cl2N3O4. The van der Waals surface area contributed by atoms with Gasteiger partial charge in [0.15, 0.2) is 0 Å². The van der Waals surface area contributed by atoms with Gasteiger partial charge < -0.3 is 19.3 Å². The fraction of sp³-hybridized carbons (Fsp3) is 0.571. The van der Waals surface area contributed by atoms with Crippen molar-refractivity contribution in [3.05, 3.63) is 21.9 Å². The average Bonchev–Trinajstić information content (AvgIpc) is 2.73. The maximum absolute atomic E-state index is 12.6. The lowest BCUT2D eigenvalue weighted by Crippen LogP contribution is -2.49. The van der Waals surface area contributed by atoms with Crippen LogP contribution in [-0.4, -0.2) is 77.3 Å². The third-order valence-corrected chi connectivity index (χ3v) is 4.52. The van der Waals surface area contributed by atoms with Crippen molar-refractivity contribution in [3.63, 3.8) is 0 Å². The topological polar surface area (TPSA) is 75.0 Å². The van der Waals surface area contributed by atoms with Crippen LogP contribution >= 0.6 is 23.2 Å². The van der Waals surface area contributed by atoms with Gasteiger partial charge in [0, 0.05) is 26.7 Å². The lowest BCUT2D eigenvalue weighted by molar-refractivity contribution is -0.138. The Bertz CT molecular complexity index is 605. The zero-order chi connectivity index (χ0) is 17.1. The van der Waals surface area contributed by atoms with Crippen LogP contribution in [-0.2, 0) is 16.6 Å². The number of carbonyl (C=O) groups excluding carboxylic acids is 1. The molecule has 1 saturated heterocycles. The van der Waals surface area contributed by atoms with Crippen molar-refractivity contribution in [1.29, 1.82) is 0 Å². The number of hydrogen-bond donors (Lipinski definition) is 1. The Morgan fingerprint density at radius 1 is 1.48 bits per heavy atom. The van der Waals surface area contributed by atoms with E-state index in [9.17, 15) is 9.59 Å². The molecule has 1 aromatic rings. The Kier molecular flexibility index (Phi) is 5.91. The molecule has 1 amide bonds. The molecule has 23 heavy (non-hydrogen) atoms. The van der Waals surface area contributed by atoms with Gasteiger partial charge in [0.2, 0.25) is 0 Å². The summed E-state index contributed by atoms with van der Waals surface area (Å²) in [5.74, 6) is -1.07. The second-order valence-electron chi connectivity index (χ2n) is 5.56. The molecule has 7 nitrogen and oxygen atoms in total. The van der Waals surface area contributed by atoms with Gasteiger partial charge in [-0.1, -0.05) is 23.2 Å². The summed E-state index contributed by atoms with van der Waals surface area (Å²) < 4.78 is 7.17. The molecule has 0 bridgehead atoms. The monoisotopic (exact) mass is 363 g/mol. The molecule has 0 aromatic carbocycles. The van der Waals surface area contributed by atoms with Gasteiger partial charge in [-0.2, -0.15) is 0 Å². The number of morpholine rings is 1. The summed E-state index contributed by atoms with van der Waals surface area (Å²) in [4.78, 5) is 26.6. The highest BCUT2D eigenvalue weighted by Gasteiger charge is 2.28. The number of rotatable bonds is 5. The highest BCUT2D eigenvalue weighted by molar-refractivity contribution is 6.41. The molecule has 1 atom stereocenters. The van der Waals surface area contributed by atoms with E-state index in [-0.39, 0.29) is 18.6 Å². The second kappa shape index (κ2) is 7.53. The first-order valence-electron chi connectivity index (χ1n) is 7.11. The number of nitrogens with zero attached hydrogens (tertiary/aromatic N) is 3. The van der Waals surface area contributed by atoms with Crippen molar-refractivity contribution in [1.82, 2.24) is 14.4 Å². The molecule has 2 rings (SSSR count). The van der Waals surface area contributed by atoms with Crippen LogP contribution in [0.3, 0.4) is 0 Å². The van der Waals surface area contributed by atoms with E-state index in [0.29, 0.717) is 42.1 Å². The second-order valence-corrected chi connectivity index (χ2v) is 6.33. The first-order valence-corrected chi connectivity index (χ1v) is 7.87. The average molecular weight is 364 g/mol. The van der Waals surface area contributed by atoms with Crippen LogP contribution in [0.4, 0.5) is 0 Å². The molecule has 1 N–H and O–H groups in total. The molecule has 0 saturated carbocycles. The van der Waals surface area contributed by atoms with E-state index in [1.807, 2.05) is 0 Å². The molecule has 1 unspecified atom stereocenters. The molecule has 1 fully saturated rings. The van der Waals surface area contributed by atoms with Crippen molar-refractivity contribution >= 4 is 35.1 Å². The minimum absolute atomic E-state index is 0.0726. The van der Waals surface area contributed by atoms with Crippen LogP contribution in [0.5, 0.6) is 0 Å². The van der Waals surface area contributed by atoms with Gasteiger partial charge >= 0.3 is 5.97 Å². The number of carboxylic acids is 1. The van der Waals surface area contributed by atoms with E-state index in [0.717, 1.165) is 0 Å². The number of aliphatic carboxylic acids is 1. The molecular weight excluding hydrogens is 345 g/mol. The van der Waals surface area contributed by atoms with Gasteiger partial charge in [0.1, 0.15) is 10.8 Å². The highest BCUT2D eigenvalue weighted by atomic mass is 35.5. The summed E-state index contributed by atoms with van der Waals surface area (Å²) in [6.07, 6.45) is -0.233. The fourth-order valence-corrected chi connectivity index (χ4v) is 2.94. The van der Waals surface area contributed by atoms with Gasteiger partial charge in [0.05, 0.1) is 24.3 Å². The summed E-state index contributed by atoms with van der Waals surface area (Å²) in [7, 11) is 3.38. The minimum atomic E-state index is -0.899. The van der Waals surface area contributed by atoms with E-state index in [4.69, 9.17) is 33.0 Å². The number of likely N-dealkylation sites (N-methyl/N-ethyl adjacent to an activating group) is 1. The van der Waals surface area contributed by atoms with Crippen molar-refractivity contribution in [3.8, 4) is 0 Å². The maximum atomic E-state index is 12.6. The number of halogens is 2. The number of hydrogen-bond acceptors (Lipinski definition) is 4. The van der Waals surface area contributed by atoms with Gasteiger partial charge in [-0.25, -0.2) is 0 Å². The maximum Gasteiger partial charge on any atom is 0.317 e. The van der Waals surface area contributed by atoms with E-state index < -0.39 is 5.97 Å². The lowest BCUT2D eigenvalue weighted by Gasteiger charge is -2.34. The van der Waals surface area contributed by atoms with Crippen LogP contribution < -0.4 is 0 Å². The zero-order valence-corrected chi connectivity index (χ0v) is 14.5. The van der Waals surface area contributed by atoms with E-state index in [2.05, 4.69) is 0 Å².